The van der Waals surface area contributed by atoms with Crippen molar-refractivity contribution >= 4 is 0 Å². The molecule has 15 heavy (non-hydrogen) atoms. The Morgan fingerprint density at radius 2 is 2.27 bits per heavy atom. The summed E-state index contributed by atoms with van der Waals surface area (Å²) in [5.74, 6) is 0.185. The number of hydrogen-bond acceptors (Lipinski definition) is 2. The van der Waals surface area contributed by atoms with Crippen molar-refractivity contribution in [2.45, 2.75) is 25.8 Å². The molecule has 0 spiro atoms. The first kappa shape index (κ1) is 10.4. The molecular weight excluding hydrogens is 193 g/mol. The minimum atomic E-state index is -0.252. The molecule has 0 amide bonds. The van der Waals surface area contributed by atoms with Gasteiger partial charge < -0.3 is 10.1 Å². The standard InChI is InChI=1S/C12H16FNO/c1-8-5-6-9(13)12-11(8)10(14-2)4-3-7-15-12/h5-6,10,14H,3-4,7H2,1-2H3. The summed E-state index contributed by atoms with van der Waals surface area (Å²) in [6.07, 6.45) is 1.95. The first-order valence-electron chi connectivity index (χ1n) is 5.33. The number of halogens is 1. The third-order valence-corrected chi connectivity index (χ3v) is 2.95. The van der Waals surface area contributed by atoms with Crippen LogP contribution in [0.3, 0.4) is 0 Å². The third kappa shape index (κ3) is 1.84. The zero-order valence-electron chi connectivity index (χ0n) is 9.14. The van der Waals surface area contributed by atoms with Crippen molar-refractivity contribution in [3.8, 4) is 5.75 Å². The predicted molar refractivity (Wildman–Crippen MR) is 57.7 cm³/mol. The van der Waals surface area contributed by atoms with Crippen molar-refractivity contribution in [1.82, 2.24) is 5.32 Å². The summed E-state index contributed by atoms with van der Waals surface area (Å²) in [7, 11) is 1.91. The number of ether oxygens (including phenoxy) is 1. The van der Waals surface area contributed by atoms with Gasteiger partial charge in [-0.15, -0.1) is 0 Å². The zero-order valence-corrected chi connectivity index (χ0v) is 9.14. The molecule has 2 rings (SSSR count). The Morgan fingerprint density at radius 1 is 1.47 bits per heavy atom. The van der Waals surface area contributed by atoms with E-state index < -0.39 is 0 Å². The van der Waals surface area contributed by atoms with Crippen LogP contribution in [0, 0.1) is 12.7 Å². The average molecular weight is 209 g/mol. The van der Waals surface area contributed by atoms with Crippen LogP contribution in [0.15, 0.2) is 12.1 Å². The van der Waals surface area contributed by atoms with E-state index in [9.17, 15) is 4.39 Å². The molecule has 0 aliphatic carbocycles. The largest absolute Gasteiger partial charge is 0.490 e. The molecule has 1 aliphatic rings. The molecule has 0 saturated carbocycles. The fourth-order valence-electron chi connectivity index (χ4n) is 2.15. The van der Waals surface area contributed by atoms with E-state index in [4.69, 9.17) is 4.74 Å². The van der Waals surface area contributed by atoms with Crippen LogP contribution in [0.4, 0.5) is 4.39 Å². The number of aryl methyl sites for hydroxylation is 1. The first-order valence-corrected chi connectivity index (χ1v) is 5.33. The third-order valence-electron chi connectivity index (χ3n) is 2.95. The van der Waals surface area contributed by atoms with Gasteiger partial charge in [0.25, 0.3) is 0 Å². The van der Waals surface area contributed by atoms with E-state index in [1.165, 1.54) is 6.07 Å². The van der Waals surface area contributed by atoms with Gasteiger partial charge in [0, 0.05) is 11.6 Å². The Morgan fingerprint density at radius 3 is 3.00 bits per heavy atom. The van der Waals surface area contributed by atoms with Crippen LogP contribution in [-0.4, -0.2) is 13.7 Å². The fraction of sp³-hybridized carbons (Fsp3) is 0.500. The molecule has 2 nitrogen and oxygen atoms in total. The Bertz CT molecular complexity index is 365. The lowest BCUT2D eigenvalue weighted by Gasteiger charge is -2.18. The number of hydrogen-bond donors (Lipinski definition) is 1. The van der Waals surface area contributed by atoms with E-state index in [1.54, 1.807) is 0 Å². The van der Waals surface area contributed by atoms with Gasteiger partial charge in [0.1, 0.15) is 0 Å². The maximum atomic E-state index is 13.6. The van der Waals surface area contributed by atoms with Crippen LogP contribution >= 0.6 is 0 Å². The van der Waals surface area contributed by atoms with Gasteiger partial charge in [-0.05, 0) is 38.4 Å². The number of rotatable bonds is 1. The van der Waals surface area contributed by atoms with Gasteiger partial charge >= 0.3 is 0 Å². The molecular formula is C12H16FNO. The summed E-state index contributed by atoms with van der Waals surface area (Å²) in [5, 5.41) is 3.22. The highest BCUT2D eigenvalue weighted by Gasteiger charge is 2.22. The smallest absolute Gasteiger partial charge is 0.165 e. The van der Waals surface area contributed by atoms with E-state index in [0.29, 0.717) is 12.4 Å². The van der Waals surface area contributed by atoms with E-state index in [-0.39, 0.29) is 11.9 Å². The lowest BCUT2D eigenvalue weighted by molar-refractivity contribution is 0.300. The Hall–Kier alpha value is -1.09. The van der Waals surface area contributed by atoms with Crippen LogP contribution in [0.5, 0.6) is 5.75 Å². The lowest BCUT2D eigenvalue weighted by atomic mass is 9.97. The van der Waals surface area contributed by atoms with Crippen molar-refractivity contribution in [1.29, 1.82) is 0 Å². The van der Waals surface area contributed by atoms with Crippen molar-refractivity contribution in [2.75, 3.05) is 13.7 Å². The summed E-state index contributed by atoms with van der Waals surface area (Å²) in [6.45, 7) is 2.60. The molecule has 1 unspecified atom stereocenters. The van der Waals surface area contributed by atoms with Gasteiger partial charge in [0.2, 0.25) is 0 Å². The second kappa shape index (κ2) is 4.19. The first-order chi connectivity index (χ1) is 7.24. The molecule has 0 saturated heterocycles. The molecule has 1 N–H and O–H groups in total. The highest BCUT2D eigenvalue weighted by atomic mass is 19.1. The van der Waals surface area contributed by atoms with Crippen LogP contribution in [0.25, 0.3) is 0 Å². The maximum absolute atomic E-state index is 13.6. The molecule has 3 heteroatoms. The average Bonchev–Trinajstić information content (AvgIpc) is 2.46. The van der Waals surface area contributed by atoms with Crippen LogP contribution < -0.4 is 10.1 Å². The van der Waals surface area contributed by atoms with E-state index >= 15 is 0 Å². The Balaban J connectivity index is 2.54. The molecule has 1 atom stereocenters. The highest BCUT2D eigenvalue weighted by molar-refractivity contribution is 5.43. The lowest BCUT2D eigenvalue weighted by Crippen LogP contribution is -2.17. The topological polar surface area (TPSA) is 21.3 Å². The molecule has 0 aromatic heterocycles. The highest BCUT2D eigenvalue weighted by Crippen LogP contribution is 2.35. The van der Waals surface area contributed by atoms with Crippen LogP contribution in [0.1, 0.15) is 30.0 Å². The molecule has 82 valence electrons. The van der Waals surface area contributed by atoms with Crippen molar-refractivity contribution in [3.63, 3.8) is 0 Å². The van der Waals surface area contributed by atoms with Gasteiger partial charge in [-0.25, -0.2) is 4.39 Å². The van der Waals surface area contributed by atoms with Crippen LogP contribution in [0.2, 0.25) is 0 Å². The van der Waals surface area contributed by atoms with E-state index in [0.717, 1.165) is 24.0 Å². The minimum absolute atomic E-state index is 0.207. The molecule has 1 aliphatic heterocycles. The van der Waals surface area contributed by atoms with Gasteiger partial charge in [0.15, 0.2) is 11.6 Å². The number of fused-ring (bicyclic) bond motifs is 1. The summed E-state index contributed by atoms with van der Waals surface area (Å²) in [4.78, 5) is 0. The fourth-order valence-corrected chi connectivity index (χ4v) is 2.15. The number of nitrogens with one attached hydrogen (secondary N) is 1. The monoisotopic (exact) mass is 209 g/mol. The Labute approximate surface area is 89.4 Å². The Kier molecular flexibility index (Phi) is 2.91. The zero-order chi connectivity index (χ0) is 10.8. The SMILES string of the molecule is CNC1CCCOc2c(F)ccc(C)c21. The molecule has 1 heterocycles. The normalized spacial score (nSPS) is 20.3. The second-order valence-electron chi connectivity index (χ2n) is 3.94. The molecule has 0 radical (unpaired) electrons. The van der Waals surface area contributed by atoms with Crippen LogP contribution in [-0.2, 0) is 0 Å². The van der Waals surface area contributed by atoms with E-state index in [2.05, 4.69) is 5.32 Å². The minimum Gasteiger partial charge on any atom is -0.490 e. The summed E-state index contributed by atoms with van der Waals surface area (Å²) < 4.78 is 19.1. The van der Waals surface area contributed by atoms with Crippen molar-refractivity contribution in [2.24, 2.45) is 0 Å². The van der Waals surface area contributed by atoms with Gasteiger partial charge in [-0.1, -0.05) is 6.07 Å². The summed E-state index contributed by atoms with van der Waals surface area (Å²) in [5.41, 5.74) is 2.07. The molecule has 0 fully saturated rings. The summed E-state index contributed by atoms with van der Waals surface area (Å²) >= 11 is 0. The van der Waals surface area contributed by atoms with Crippen molar-refractivity contribution < 1.29 is 9.13 Å². The van der Waals surface area contributed by atoms with Gasteiger partial charge in [0.05, 0.1) is 6.61 Å². The molecule has 0 bridgehead atoms. The van der Waals surface area contributed by atoms with Crippen molar-refractivity contribution in [3.05, 3.63) is 29.1 Å². The van der Waals surface area contributed by atoms with Gasteiger partial charge in [-0.2, -0.15) is 0 Å². The maximum Gasteiger partial charge on any atom is 0.165 e. The predicted octanol–water partition coefficient (Wildman–Crippen LogP) is 2.57. The molecule has 1 aromatic carbocycles. The summed E-state index contributed by atoms with van der Waals surface area (Å²) in [6, 6.07) is 3.50. The molecule has 1 aromatic rings. The quantitative estimate of drug-likeness (QED) is 0.767. The second-order valence-corrected chi connectivity index (χ2v) is 3.94. The number of benzene rings is 1. The van der Waals surface area contributed by atoms with Gasteiger partial charge in [-0.3, -0.25) is 0 Å². The van der Waals surface area contributed by atoms with E-state index in [1.807, 2.05) is 20.0 Å².